The van der Waals surface area contributed by atoms with E-state index in [1.165, 1.54) is 28.0 Å². The average Bonchev–Trinajstić information content (AvgIpc) is 3.32. The van der Waals surface area contributed by atoms with E-state index < -0.39 is 0 Å². The summed E-state index contributed by atoms with van der Waals surface area (Å²) in [6.45, 7) is 2.03. The molecule has 7 nitrogen and oxygen atoms in total. The second-order valence-corrected chi connectivity index (χ2v) is 10.3. The number of amides is 2. The molecule has 2 aromatic heterocycles. The standard InChI is InChI=1S/C17H11BrClN5O2S3/c1-8-20-15(23-22-8)29-16-21-13(19)11(27-16)6-12-14(25)24(17(26)28-12)7-9-2-4-10(18)5-3-9/h2-6H,7H2,1H3,(H,20,22,23)/b12-6-. The first-order valence-electron chi connectivity index (χ1n) is 8.12. The van der Waals surface area contributed by atoms with E-state index in [1.807, 2.05) is 31.2 Å². The molecule has 12 heteroatoms. The van der Waals surface area contributed by atoms with Gasteiger partial charge in [-0.1, -0.05) is 39.7 Å². The molecule has 1 aliphatic heterocycles. The van der Waals surface area contributed by atoms with Gasteiger partial charge in [0, 0.05) is 4.47 Å². The highest BCUT2D eigenvalue weighted by atomic mass is 79.9. The van der Waals surface area contributed by atoms with E-state index >= 15 is 0 Å². The number of aryl methyl sites for hydroxylation is 1. The molecule has 2 amide bonds. The Labute approximate surface area is 191 Å². The van der Waals surface area contributed by atoms with E-state index in [-0.39, 0.29) is 22.8 Å². The predicted molar refractivity (Wildman–Crippen MR) is 118 cm³/mol. The van der Waals surface area contributed by atoms with Crippen LogP contribution >= 0.6 is 62.4 Å². The second-order valence-electron chi connectivity index (χ2n) is 5.83. The SMILES string of the molecule is Cc1nc(Sc2nc(Cl)c(/C=C3\SC(=O)N(Cc4ccc(Br)cc4)C3=O)s2)n[nH]1. The number of H-pyrrole nitrogens is 1. The van der Waals surface area contributed by atoms with E-state index in [0.29, 0.717) is 25.1 Å². The zero-order valence-corrected chi connectivity index (χ0v) is 19.5. The first-order valence-corrected chi connectivity index (χ1v) is 11.7. The molecule has 29 heavy (non-hydrogen) atoms. The van der Waals surface area contributed by atoms with Crippen molar-refractivity contribution in [3.05, 3.63) is 55.1 Å². The van der Waals surface area contributed by atoms with Gasteiger partial charge in [0.05, 0.1) is 16.3 Å². The van der Waals surface area contributed by atoms with Crippen LogP contribution in [0.15, 0.2) is 43.1 Å². The number of carbonyl (C=O) groups is 2. The maximum absolute atomic E-state index is 12.7. The van der Waals surface area contributed by atoms with Crippen molar-refractivity contribution in [2.24, 2.45) is 0 Å². The van der Waals surface area contributed by atoms with Crippen LogP contribution < -0.4 is 0 Å². The van der Waals surface area contributed by atoms with Crippen LogP contribution in [-0.2, 0) is 11.3 Å². The maximum atomic E-state index is 12.7. The first-order chi connectivity index (χ1) is 13.9. The molecular formula is C17H11BrClN5O2S3. The molecule has 1 N–H and O–H groups in total. The maximum Gasteiger partial charge on any atom is 0.293 e. The Balaban J connectivity index is 1.51. The molecule has 0 unspecified atom stereocenters. The third-order valence-corrected chi connectivity index (χ3v) is 7.50. The van der Waals surface area contributed by atoms with Crippen LogP contribution in [0.3, 0.4) is 0 Å². The molecule has 3 aromatic rings. The largest absolute Gasteiger partial charge is 0.293 e. The van der Waals surface area contributed by atoms with Crippen LogP contribution in [0, 0.1) is 6.92 Å². The van der Waals surface area contributed by atoms with E-state index in [2.05, 4.69) is 36.1 Å². The van der Waals surface area contributed by atoms with Crippen LogP contribution in [0.25, 0.3) is 6.08 Å². The van der Waals surface area contributed by atoms with Crippen molar-refractivity contribution in [1.82, 2.24) is 25.1 Å². The van der Waals surface area contributed by atoms with Gasteiger partial charge in [-0.3, -0.25) is 19.6 Å². The fourth-order valence-corrected chi connectivity index (χ4v) is 5.77. The molecule has 148 valence electrons. The Hall–Kier alpha value is -1.66. The van der Waals surface area contributed by atoms with Crippen molar-refractivity contribution in [1.29, 1.82) is 0 Å². The number of carbonyl (C=O) groups excluding carboxylic acids is 2. The molecule has 0 aliphatic carbocycles. The monoisotopic (exact) mass is 527 g/mol. The Morgan fingerprint density at radius 3 is 2.72 bits per heavy atom. The minimum Gasteiger partial charge on any atom is -0.268 e. The minimum atomic E-state index is -0.341. The summed E-state index contributed by atoms with van der Waals surface area (Å²) in [5.41, 5.74) is 0.869. The van der Waals surface area contributed by atoms with Gasteiger partial charge in [-0.15, -0.1) is 16.4 Å². The van der Waals surface area contributed by atoms with Crippen LogP contribution in [0.1, 0.15) is 16.3 Å². The molecule has 0 atom stereocenters. The van der Waals surface area contributed by atoms with Gasteiger partial charge in [-0.25, -0.2) is 9.97 Å². The van der Waals surface area contributed by atoms with Crippen molar-refractivity contribution in [2.75, 3.05) is 0 Å². The zero-order valence-electron chi connectivity index (χ0n) is 14.7. The fourth-order valence-electron chi connectivity index (χ4n) is 2.40. The Kier molecular flexibility index (Phi) is 6.11. The van der Waals surface area contributed by atoms with Crippen LogP contribution in [0.2, 0.25) is 5.15 Å². The molecule has 1 aromatic carbocycles. The Morgan fingerprint density at radius 1 is 1.28 bits per heavy atom. The molecule has 4 rings (SSSR count). The number of hydrogen-bond donors (Lipinski definition) is 1. The van der Waals surface area contributed by atoms with E-state index in [1.54, 1.807) is 6.08 Å². The number of rotatable bonds is 5. The van der Waals surface area contributed by atoms with E-state index in [4.69, 9.17) is 11.6 Å². The highest BCUT2D eigenvalue weighted by molar-refractivity contribution is 9.10. The number of imide groups is 1. The number of aromatic amines is 1. The van der Waals surface area contributed by atoms with Gasteiger partial charge >= 0.3 is 0 Å². The lowest BCUT2D eigenvalue weighted by Crippen LogP contribution is -2.27. The number of nitrogens with zero attached hydrogens (tertiary/aromatic N) is 4. The van der Waals surface area contributed by atoms with Crippen molar-refractivity contribution < 1.29 is 9.59 Å². The molecule has 1 fully saturated rings. The first kappa shape index (κ1) is 20.6. The summed E-state index contributed by atoms with van der Waals surface area (Å²) in [7, 11) is 0. The normalized spacial score (nSPS) is 15.7. The highest BCUT2D eigenvalue weighted by Crippen LogP contribution is 2.38. The Bertz CT molecular complexity index is 1130. The summed E-state index contributed by atoms with van der Waals surface area (Å²) in [5.74, 6) is 0.362. The summed E-state index contributed by atoms with van der Waals surface area (Å²) >= 11 is 13.1. The molecular weight excluding hydrogens is 518 g/mol. The number of aromatic nitrogens is 4. The molecule has 0 bridgehead atoms. The summed E-state index contributed by atoms with van der Waals surface area (Å²) in [6.07, 6.45) is 1.61. The van der Waals surface area contributed by atoms with Crippen molar-refractivity contribution >= 4 is 79.6 Å². The molecule has 0 saturated carbocycles. The summed E-state index contributed by atoms with van der Waals surface area (Å²) in [6, 6.07) is 7.48. The van der Waals surface area contributed by atoms with Crippen molar-refractivity contribution in [3.8, 4) is 0 Å². The zero-order chi connectivity index (χ0) is 20.5. The average molecular weight is 529 g/mol. The number of thioether (sulfide) groups is 1. The van der Waals surface area contributed by atoms with E-state index in [0.717, 1.165) is 21.8 Å². The summed E-state index contributed by atoms with van der Waals surface area (Å²) < 4.78 is 1.58. The summed E-state index contributed by atoms with van der Waals surface area (Å²) in [4.78, 5) is 35.7. The minimum absolute atomic E-state index is 0.219. The third-order valence-electron chi connectivity index (χ3n) is 3.74. The topological polar surface area (TPSA) is 91.8 Å². The lowest BCUT2D eigenvalue weighted by atomic mass is 10.2. The van der Waals surface area contributed by atoms with Crippen LogP contribution in [0.5, 0.6) is 0 Å². The number of hydrogen-bond acceptors (Lipinski definition) is 8. The molecule has 1 aliphatic rings. The highest BCUT2D eigenvalue weighted by Gasteiger charge is 2.35. The number of benzene rings is 1. The molecule has 0 radical (unpaired) electrons. The third kappa shape index (κ3) is 4.75. The molecule has 1 saturated heterocycles. The van der Waals surface area contributed by atoms with Crippen molar-refractivity contribution in [2.45, 2.75) is 23.0 Å². The molecule has 0 spiro atoms. The van der Waals surface area contributed by atoms with Gasteiger partial charge in [0.2, 0.25) is 5.16 Å². The predicted octanol–water partition coefficient (Wildman–Crippen LogP) is 5.37. The number of thiazole rings is 1. The van der Waals surface area contributed by atoms with E-state index in [9.17, 15) is 9.59 Å². The fraction of sp³-hybridized carbons (Fsp3) is 0.118. The van der Waals surface area contributed by atoms with Crippen LogP contribution in [0.4, 0.5) is 4.79 Å². The van der Waals surface area contributed by atoms with Gasteiger partial charge in [-0.05, 0) is 54.2 Å². The lowest BCUT2D eigenvalue weighted by Gasteiger charge is -2.12. The van der Waals surface area contributed by atoms with Crippen molar-refractivity contribution in [3.63, 3.8) is 0 Å². The summed E-state index contributed by atoms with van der Waals surface area (Å²) in [5, 5.41) is 7.31. The molecule has 3 heterocycles. The number of nitrogens with one attached hydrogen (secondary N) is 1. The smallest absolute Gasteiger partial charge is 0.268 e. The quantitative estimate of drug-likeness (QED) is 0.445. The number of halogens is 2. The second kappa shape index (κ2) is 8.60. The van der Waals surface area contributed by atoms with Gasteiger partial charge in [0.1, 0.15) is 11.0 Å². The van der Waals surface area contributed by atoms with Gasteiger partial charge in [0.15, 0.2) is 4.34 Å². The Morgan fingerprint density at radius 2 is 2.03 bits per heavy atom. The van der Waals surface area contributed by atoms with Crippen LogP contribution in [-0.4, -0.2) is 36.2 Å². The van der Waals surface area contributed by atoms with Gasteiger partial charge in [0.25, 0.3) is 11.1 Å². The van der Waals surface area contributed by atoms with Gasteiger partial charge < -0.3 is 0 Å². The lowest BCUT2D eigenvalue weighted by molar-refractivity contribution is -0.123. The van der Waals surface area contributed by atoms with Gasteiger partial charge in [-0.2, -0.15) is 0 Å².